The number of hydroxylamine groups is 1. The summed E-state index contributed by atoms with van der Waals surface area (Å²) in [5, 5.41) is 10.2. The molecule has 22 heavy (non-hydrogen) atoms. The fraction of sp³-hybridized carbons (Fsp3) is 1.00. The van der Waals surface area contributed by atoms with Crippen molar-refractivity contribution in [2.75, 3.05) is 6.54 Å². The van der Waals surface area contributed by atoms with E-state index in [9.17, 15) is 5.21 Å². The van der Waals surface area contributed by atoms with Gasteiger partial charge in [0.05, 0.1) is 6.54 Å². The molecule has 2 nitrogen and oxygen atoms in total. The molecule has 0 spiro atoms. The Morgan fingerprint density at radius 1 is 0.545 bits per heavy atom. The number of nitrogens with two attached hydrogens (primary N) is 1. The van der Waals surface area contributed by atoms with Gasteiger partial charge in [-0.25, -0.2) is 0 Å². The molecule has 0 atom stereocenters. The van der Waals surface area contributed by atoms with Crippen LogP contribution in [-0.2, 0) is 0 Å². The first kappa shape index (κ1) is 21.9. The Hall–Kier alpha value is -0.0800. The SMILES string of the molecule is CC(C)CCCCCCCCCCCCCCCCC[NH2+][O-]. The van der Waals surface area contributed by atoms with Gasteiger partial charge in [0.15, 0.2) is 0 Å². The first-order chi connectivity index (χ1) is 10.8. The zero-order valence-electron chi connectivity index (χ0n) is 15.6. The van der Waals surface area contributed by atoms with Crippen molar-refractivity contribution in [1.82, 2.24) is 0 Å². The molecule has 0 fully saturated rings. The van der Waals surface area contributed by atoms with Crippen LogP contribution in [0.5, 0.6) is 0 Å². The van der Waals surface area contributed by atoms with Gasteiger partial charge < -0.3 is 10.7 Å². The molecule has 0 radical (unpaired) electrons. The van der Waals surface area contributed by atoms with Crippen LogP contribution in [0.25, 0.3) is 0 Å². The highest BCUT2D eigenvalue weighted by Crippen LogP contribution is 2.14. The monoisotopic (exact) mass is 313 g/mol. The maximum absolute atomic E-state index is 10.2. The molecule has 0 unspecified atom stereocenters. The fourth-order valence-corrected chi connectivity index (χ4v) is 3.08. The summed E-state index contributed by atoms with van der Waals surface area (Å²) in [6, 6.07) is 0. The molecule has 0 saturated heterocycles. The minimum absolute atomic E-state index is 0.762. The van der Waals surface area contributed by atoms with E-state index in [2.05, 4.69) is 13.8 Å². The van der Waals surface area contributed by atoms with E-state index in [1.165, 1.54) is 96.3 Å². The van der Waals surface area contributed by atoms with Gasteiger partial charge >= 0.3 is 0 Å². The van der Waals surface area contributed by atoms with Crippen LogP contribution in [0.4, 0.5) is 0 Å². The lowest BCUT2D eigenvalue weighted by Crippen LogP contribution is -2.77. The van der Waals surface area contributed by atoms with E-state index >= 15 is 0 Å². The molecule has 0 aromatic heterocycles. The first-order valence-electron chi connectivity index (χ1n) is 10.2. The van der Waals surface area contributed by atoms with Gasteiger partial charge in [-0.1, -0.05) is 104 Å². The Kier molecular flexibility index (Phi) is 18.9. The molecule has 0 rings (SSSR count). The summed E-state index contributed by atoms with van der Waals surface area (Å²) in [7, 11) is 0. The summed E-state index contributed by atoms with van der Waals surface area (Å²) in [6.45, 7) is 5.42. The molecular formula is C20H43NO. The molecule has 0 saturated carbocycles. The molecule has 0 aromatic carbocycles. The second kappa shape index (κ2) is 19.0. The van der Waals surface area contributed by atoms with Crippen molar-refractivity contribution < 1.29 is 5.48 Å². The summed E-state index contributed by atoms with van der Waals surface area (Å²) in [5.41, 5.74) is 1.05. The minimum atomic E-state index is 0.762. The quantitative estimate of drug-likeness (QED) is 0.247. The summed E-state index contributed by atoms with van der Waals surface area (Å²) >= 11 is 0. The van der Waals surface area contributed by atoms with Crippen molar-refractivity contribution in [1.29, 1.82) is 0 Å². The summed E-state index contributed by atoms with van der Waals surface area (Å²) in [4.78, 5) is 0. The van der Waals surface area contributed by atoms with Crippen LogP contribution in [0, 0.1) is 11.1 Å². The van der Waals surface area contributed by atoms with Crippen LogP contribution in [-0.4, -0.2) is 6.54 Å². The van der Waals surface area contributed by atoms with Crippen LogP contribution in [0.3, 0.4) is 0 Å². The van der Waals surface area contributed by atoms with E-state index in [1.54, 1.807) is 0 Å². The smallest absolute Gasteiger partial charge is 0.0752 e. The number of hydrogen-bond acceptors (Lipinski definition) is 1. The van der Waals surface area contributed by atoms with E-state index in [4.69, 9.17) is 0 Å². The second-order valence-corrected chi connectivity index (χ2v) is 7.44. The van der Waals surface area contributed by atoms with Gasteiger partial charge in [-0.3, -0.25) is 0 Å². The average Bonchev–Trinajstić information content (AvgIpc) is 2.50. The molecule has 2 N–H and O–H groups in total. The lowest BCUT2D eigenvalue weighted by molar-refractivity contribution is -0.589. The zero-order chi connectivity index (χ0) is 16.3. The Bertz CT molecular complexity index is 194. The topological polar surface area (TPSA) is 39.7 Å². The van der Waals surface area contributed by atoms with E-state index in [0.29, 0.717) is 0 Å². The number of rotatable bonds is 18. The Morgan fingerprint density at radius 2 is 0.864 bits per heavy atom. The third-order valence-corrected chi connectivity index (χ3v) is 4.60. The second-order valence-electron chi connectivity index (χ2n) is 7.44. The Morgan fingerprint density at radius 3 is 1.18 bits per heavy atom. The Labute approximate surface area is 140 Å². The Balaban J connectivity index is 2.94. The zero-order valence-corrected chi connectivity index (χ0v) is 15.6. The lowest BCUT2D eigenvalue weighted by Gasteiger charge is -2.05. The van der Waals surface area contributed by atoms with Crippen LogP contribution in [0.15, 0.2) is 0 Å². The minimum Gasteiger partial charge on any atom is -0.636 e. The van der Waals surface area contributed by atoms with E-state index in [0.717, 1.165) is 24.4 Å². The van der Waals surface area contributed by atoms with Crippen LogP contribution >= 0.6 is 0 Å². The van der Waals surface area contributed by atoms with Gasteiger partial charge in [-0.2, -0.15) is 0 Å². The van der Waals surface area contributed by atoms with Gasteiger partial charge in [-0.05, 0) is 18.8 Å². The van der Waals surface area contributed by atoms with Gasteiger partial charge in [-0.15, -0.1) is 0 Å². The molecule has 0 aliphatic carbocycles. The molecule has 134 valence electrons. The largest absolute Gasteiger partial charge is 0.636 e. The highest BCUT2D eigenvalue weighted by atomic mass is 16.5. The molecule has 2 heteroatoms. The summed E-state index contributed by atoms with van der Waals surface area (Å²) in [5.74, 6) is 0.886. The normalized spacial score (nSPS) is 11.5. The van der Waals surface area contributed by atoms with Crippen molar-refractivity contribution in [2.24, 2.45) is 5.92 Å². The predicted octanol–water partition coefficient (Wildman–Crippen LogP) is 5.95. The number of quaternary nitrogens is 1. The molecule has 0 amide bonds. The van der Waals surface area contributed by atoms with Crippen LogP contribution < -0.4 is 5.48 Å². The van der Waals surface area contributed by atoms with Crippen molar-refractivity contribution in [2.45, 2.75) is 117 Å². The first-order valence-corrected chi connectivity index (χ1v) is 10.2. The molecule has 0 aromatic rings. The standard InChI is InChI=1S/C20H43NO/c1-20(2)18-16-14-12-10-8-6-4-3-5-7-9-11-13-15-17-19-21-22/h20H,3-19,21H2,1-2H3. The number of hydrogen-bond donors (Lipinski definition) is 1. The summed E-state index contributed by atoms with van der Waals surface area (Å²) < 4.78 is 0. The molecular weight excluding hydrogens is 270 g/mol. The highest BCUT2D eigenvalue weighted by Gasteiger charge is 1.96. The average molecular weight is 314 g/mol. The molecule has 0 bridgehead atoms. The highest BCUT2D eigenvalue weighted by molar-refractivity contribution is 4.51. The fourth-order valence-electron chi connectivity index (χ4n) is 3.08. The van der Waals surface area contributed by atoms with Crippen molar-refractivity contribution in [3.8, 4) is 0 Å². The molecule has 0 heterocycles. The van der Waals surface area contributed by atoms with Crippen molar-refractivity contribution in [3.63, 3.8) is 0 Å². The number of unbranched alkanes of at least 4 members (excludes halogenated alkanes) is 14. The van der Waals surface area contributed by atoms with Crippen molar-refractivity contribution >= 4 is 0 Å². The lowest BCUT2D eigenvalue weighted by atomic mass is 10.0. The molecule has 0 aliphatic rings. The van der Waals surface area contributed by atoms with E-state index in [-0.39, 0.29) is 0 Å². The van der Waals surface area contributed by atoms with Gasteiger partial charge in [0.1, 0.15) is 0 Å². The van der Waals surface area contributed by atoms with Gasteiger partial charge in [0, 0.05) is 0 Å². The van der Waals surface area contributed by atoms with Gasteiger partial charge in [0.2, 0.25) is 0 Å². The third kappa shape index (κ3) is 19.9. The van der Waals surface area contributed by atoms with E-state index < -0.39 is 0 Å². The maximum Gasteiger partial charge on any atom is 0.0752 e. The third-order valence-electron chi connectivity index (χ3n) is 4.60. The van der Waals surface area contributed by atoms with E-state index in [1.807, 2.05) is 0 Å². The predicted molar refractivity (Wildman–Crippen MR) is 98.9 cm³/mol. The summed E-state index contributed by atoms with van der Waals surface area (Å²) in [6.07, 6.45) is 22.3. The van der Waals surface area contributed by atoms with Crippen molar-refractivity contribution in [3.05, 3.63) is 5.21 Å². The van der Waals surface area contributed by atoms with Crippen LogP contribution in [0.1, 0.15) is 117 Å². The maximum atomic E-state index is 10.2. The molecule has 0 aliphatic heterocycles. The van der Waals surface area contributed by atoms with Gasteiger partial charge in [0.25, 0.3) is 0 Å². The van der Waals surface area contributed by atoms with Crippen LogP contribution in [0.2, 0.25) is 0 Å².